The minimum atomic E-state index is -1.16. The second-order valence-corrected chi connectivity index (χ2v) is 11.0. The summed E-state index contributed by atoms with van der Waals surface area (Å²) in [5.74, 6) is -0.823. The maximum atomic E-state index is 13.0. The number of carbonyl (C=O) groups excluding carboxylic acids is 4. The topological polar surface area (TPSA) is 134 Å². The number of aliphatic hydroxyl groups is 1. The first-order valence-corrected chi connectivity index (χ1v) is 13.3. The van der Waals surface area contributed by atoms with Crippen molar-refractivity contribution >= 4 is 45.3 Å². The fourth-order valence-electron chi connectivity index (χ4n) is 3.35. The van der Waals surface area contributed by atoms with Crippen LogP contribution in [0.25, 0.3) is 0 Å². The highest BCUT2D eigenvalue weighted by atomic mass is 33.1. The van der Waals surface area contributed by atoms with Crippen LogP contribution in [0.3, 0.4) is 0 Å². The number of carbonyl (C=O) groups is 4. The summed E-state index contributed by atoms with van der Waals surface area (Å²) in [7, 11) is 3.03. The molecule has 180 valence electrons. The van der Waals surface area contributed by atoms with E-state index >= 15 is 0 Å². The SMILES string of the molecule is CC(C)CC1NC(=O)C2CSSCC/C=C/C(CC(=O)NC(C)C(=O)N2)OC(=O)CC1O. The van der Waals surface area contributed by atoms with Crippen LogP contribution in [0.1, 0.15) is 46.5 Å². The third kappa shape index (κ3) is 9.03. The zero-order valence-electron chi connectivity index (χ0n) is 18.7. The average molecular weight is 488 g/mol. The van der Waals surface area contributed by atoms with Crippen molar-refractivity contribution in [2.45, 2.75) is 76.8 Å². The maximum Gasteiger partial charge on any atom is 0.309 e. The molecule has 0 aromatic rings. The lowest BCUT2D eigenvalue weighted by molar-refractivity contribution is -0.151. The van der Waals surface area contributed by atoms with Crippen LogP contribution in [0, 0.1) is 5.92 Å². The Hall–Kier alpha value is -1.72. The molecular weight excluding hydrogens is 454 g/mol. The van der Waals surface area contributed by atoms with Crippen molar-refractivity contribution in [3.05, 3.63) is 12.2 Å². The van der Waals surface area contributed by atoms with E-state index in [1.54, 1.807) is 16.9 Å². The van der Waals surface area contributed by atoms with Gasteiger partial charge in [-0.3, -0.25) is 19.2 Å². The quantitative estimate of drug-likeness (QED) is 0.257. The van der Waals surface area contributed by atoms with Crippen LogP contribution in [0.5, 0.6) is 0 Å². The van der Waals surface area contributed by atoms with Gasteiger partial charge >= 0.3 is 5.97 Å². The van der Waals surface area contributed by atoms with Crippen LogP contribution in [0.4, 0.5) is 0 Å². The van der Waals surface area contributed by atoms with Crippen LogP contribution in [-0.2, 0) is 23.9 Å². The molecule has 2 aliphatic heterocycles. The molecule has 2 heterocycles. The van der Waals surface area contributed by atoms with E-state index in [9.17, 15) is 24.3 Å². The van der Waals surface area contributed by atoms with Gasteiger partial charge in [0, 0.05) is 11.5 Å². The lowest BCUT2D eigenvalue weighted by Crippen LogP contribution is -2.56. The highest BCUT2D eigenvalue weighted by Gasteiger charge is 2.31. The Kier molecular flexibility index (Phi) is 10.9. The molecule has 11 heteroatoms. The number of ether oxygens (including phenoxy) is 1. The van der Waals surface area contributed by atoms with E-state index in [-0.39, 0.29) is 18.8 Å². The van der Waals surface area contributed by atoms with Gasteiger partial charge in [0.15, 0.2) is 0 Å². The second-order valence-electron chi connectivity index (χ2n) is 8.42. The smallest absolute Gasteiger partial charge is 0.309 e. The molecule has 2 bridgehead atoms. The molecule has 4 N–H and O–H groups in total. The normalized spacial score (nSPS) is 32.5. The standard InChI is InChI=1S/C21H33N3O6S2/c1-12(2)8-15-17(25)10-19(27)30-14-6-4-5-7-31-32-11-16(21(29)23-15)24-20(28)13(3)22-18(26)9-14/h4,6,12-17,25H,5,7-11H2,1-3H3,(H,22,26)(H,23,29)(H,24,28)/b6-4+. The highest BCUT2D eigenvalue weighted by Crippen LogP contribution is 2.24. The summed E-state index contributed by atoms with van der Waals surface area (Å²) in [6, 6.07) is -2.41. The Morgan fingerprint density at radius 1 is 1.09 bits per heavy atom. The largest absolute Gasteiger partial charge is 0.457 e. The third-order valence-electron chi connectivity index (χ3n) is 5.00. The zero-order valence-corrected chi connectivity index (χ0v) is 20.3. The zero-order chi connectivity index (χ0) is 23.7. The van der Waals surface area contributed by atoms with Crippen LogP contribution in [0.15, 0.2) is 12.2 Å². The van der Waals surface area contributed by atoms with Gasteiger partial charge < -0.3 is 25.8 Å². The number of amides is 3. The van der Waals surface area contributed by atoms with Gasteiger partial charge in [-0.25, -0.2) is 0 Å². The van der Waals surface area contributed by atoms with Crippen molar-refractivity contribution in [3.8, 4) is 0 Å². The molecule has 2 rings (SSSR count). The van der Waals surface area contributed by atoms with E-state index in [0.717, 1.165) is 5.75 Å². The first-order chi connectivity index (χ1) is 15.2. The Labute approximate surface area is 196 Å². The van der Waals surface area contributed by atoms with E-state index in [0.29, 0.717) is 18.6 Å². The Bertz CT molecular complexity index is 718. The summed E-state index contributed by atoms with van der Waals surface area (Å²) < 4.78 is 5.45. The van der Waals surface area contributed by atoms with Gasteiger partial charge in [-0.1, -0.05) is 41.5 Å². The fraction of sp³-hybridized carbons (Fsp3) is 0.714. The molecule has 5 unspecified atom stereocenters. The fourth-order valence-corrected chi connectivity index (χ4v) is 5.51. The lowest BCUT2D eigenvalue weighted by Gasteiger charge is -2.28. The first-order valence-electron chi connectivity index (χ1n) is 10.8. The number of nitrogens with one attached hydrogen (secondary N) is 3. The molecule has 2 aliphatic rings. The number of esters is 1. The molecule has 32 heavy (non-hydrogen) atoms. The number of rotatable bonds is 2. The van der Waals surface area contributed by atoms with E-state index in [1.807, 2.05) is 19.9 Å². The van der Waals surface area contributed by atoms with Crippen molar-refractivity contribution in [2.24, 2.45) is 5.92 Å². The van der Waals surface area contributed by atoms with Crippen molar-refractivity contribution in [1.82, 2.24) is 16.0 Å². The number of aliphatic hydroxyl groups excluding tert-OH is 1. The van der Waals surface area contributed by atoms with E-state index in [4.69, 9.17) is 4.74 Å². The predicted octanol–water partition coefficient (Wildman–Crippen LogP) is 0.915. The summed E-state index contributed by atoms with van der Waals surface area (Å²) in [5.41, 5.74) is 0. The first kappa shape index (κ1) is 26.5. The number of allylic oxidation sites excluding steroid dienone is 1. The molecule has 0 spiro atoms. The van der Waals surface area contributed by atoms with Gasteiger partial charge in [0.25, 0.3) is 0 Å². The molecule has 0 aliphatic carbocycles. The molecule has 3 amide bonds. The number of hydrogen-bond acceptors (Lipinski definition) is 8. The van der Waals surface area contributed by atoms with Crippen LogP contribution >= 0.6 is 21.6 Å². The number of fused-ring (bicyclic) bond motifs is 7. The molecule has 1 fully saturated rings. The molecule has 5 atom stereocenters. The van der Waals surface area contributed by atoms with E-state index in [1.165, 1.54) is 17.7 Å². The summed E-state index contributed by atoms with van der Waals surface area (Å²) in [6.45, 7) is 5.43. The molecule has 0 saturated carbocycles. The second kappa shape index (κ2) is 13.1. The van der Waals surface area contributed by atoms with Crippen LogP contribution in [0.2, 0.25) is 0 Å². The van der Waals surface area contributed by atoms with E-state index < -0.39 is 54.0 Å². The van der Waals surface area contributed by atoms with Crippen LogP contribution in [-0.4, -0.2) is 70.6 Å². The Balaban J connectivity index is 2.40. The third-order valence-corrected chi connectivity index (χ3v) is 7.45. The van der Waals surface area contributed by atoms with Gasteiger partial charge in [0.05, 0.1) is 25.0 Å². The molecule has 0 aromatic heterocycles. The van der Waals surface area contributed by atoms with Gasteiger partial charge in [-0.05, 0) is 31.8 Å². The van der Waals surface area contributed by atoms with E-state index in [2.05, 4.69) is 16.0 Å². The predicted molar refractivity (Wildman–Crippen MR) is 125 cm³/mol. The monoisotopic (exact) mass is 487 g/mol. The molecule has 1 saturated heterocycles. The summed E-state index contributed by atoms with van der Waals surface area (Å²) in [5, 5.41) is 18.8. The highest BCUT2D eigenvalue weighted by molar-refractivity contribution is 8.76. The van der Waals surface area contributed by atoms with Gasteiger partial charge in [0.2, 0.25) is 17.7 Å². The molecular formula is C21H33N3O6S2. The van der Waals surface area contributed by atoms with Gasteiger partial charge in [-0.2, -0.15) is 0 Å². The average Bonchev–Trinajstić information content (AvgIpc) is 2.69. The van der Waals surface area contributed by atoms with Crippen LogP contribution < -0.4 is 16.0 Å². The molecule has 0 aromatic carbocycles. The van der Waals surface area contributed by atoms with Crippen molar-refractivity contribution in [2.75, 3.05) is 11.5 Å². The number of hydrogen-bond donors (Lipinski definition) is 4. The van der Waals surface area contributed by atoms with Crippen molar-refractivity contribution in [3.63, 3.8) is 0 Å². The lowest BCUT2D eigenvalue weighted by atomic mass is 9.97. The summed E-state index contributed by atoms with van der Waals surface area (Å²) in [4.78, 5) is 50.6. The molecule has 9 nitrogen and oxygen atoms in total. The summed E-state index contributed by atoms with van der Waals surface area (Å²) in [6.07, 6.45) is 2.21. The Morgan fingerprint density at radius 3 is 2.56 bits per heavy atom. The van der Waals surface area contributed by atoms with Gasteiger partial charge in [-0.15, -0.1) is 0 Å². The summed E-state index contributed by atoms with van der Waals surface area (Å²) >= 11 is 0. The van der Waals surface area contributed by atoms with Crippen molar-refractivity contribution < 1.29 is 29.0 Å². The maximum absolute atomic E-state index is 13.0. The molecule has 0 radical (unpaired) electrons. The minimum absolute atomic E-state index is 0.145. The minimum Gasteiger partial charge on any atom is -0.457 e. The Morgan fingerprint density at radius 2 is 1.84 bits per heavy atom. The van der Waals surface area contributed by atoms with Gasteiger partial charge in [0.1, 0.15) is 18.2 Å². The van der Waals surface area contributed by atoms with Crippen molar-refractivity contribution in [1.29, 1.82) is 0 Å².